The van der Waals surface area contributed by atoms with Crippen LogP contribution in [0.25, 0.3) is 11.3 Å². The van der Waals surface area contributed by atoms with Gasteiger partial charge in [0, 0.05) is 35.5 Å². The Labute approximate surface area is 181 Å². The normalized spacial score (nSPS) is 21.9. The highest BCUT2D eigenvalue weighted by Gasteiger charge is 2.48. The van der Waals surface area contributed by atoms with E-state index in [0.717, 1.165) is 11.6 Å². The first-order valence-electron chi connectivity index (χ1n) is 10.1. The molecule has 1 aliphatic heterocycles. The first kappa shape index (κ1) is 20.0. The summed E-state index contributed by atoms with van der Waals surface area (Å²) >= 11 is 0. The van der Waals surface area contributed by atoms with Crippen LogP contribution in [-0.4, -0.2) is 37.3 Å². The molecule has 1 spiro atoms. The predicted octanol–water partition coefficient (Wildman–Crippen LogP) is 3.22. The van der Waals surface area contributed by atoms with E-state index in [1.165, 1.54) is 12.1 Å². The summed E-state index contributed by atoms with van der Waals surface area (Å²) in [5, 5.41) is 28.3. The molecule has 4 N–H and O–H groups in total. The number of phenolic OH excluding ortho intramolecular Hbond substituents is 2. The highest BCUT2D eigenvalue weighted by Crippen LogP contribution is 2.48. The molecule has 10 heteroatoms. The molecule has 3 heterocycles. The van der Waals surface area contributed by atoms with Crippen molar-refractivity contribution in [2.75, 3.05) is 5.32 Å². The number of nitrogens with one attached hydrogen (secondary N) is 2. The molecule has 2 aromatic heterocycles. The maximum Gasteiger partial charge on any atom is 0.339 e. The lowest BCUT2D eigenvalue weighted by molar-refractivity contribution is -0.122. The van der Waals surface area contributed by atoms with Crippen LogP contribution in [0.1, 0.15) is 41.6 Å². The highest BCUT2D eigenvalue weighted by molar-refractivity contribution is 5.95. The zero-order valence-electron chi connectivity index (χ0n) is 16.8. The second-order valence-electron chi connectivity index (χ2n) is 8.03. The third-order valence-electron chi connectivity index (χ3n) is 6.20. The number of pyridine rings is 1. The monoisotopic (exact) mass is 438 g/mol. The van der Waals surface area contributed by atoms with E-state index in [0.29, 0.717) is 31.2 Å². The second kappa shape index (κ2) is 7.33. The summed E-state index contributed by atoms with van der Waals surface area (Å²) in [6, 6.07) is 5.54. The van der Waals surface area contributed by atoms with Crippen molar-refractivity contribution in [2.45, 2.75) is 31.3 Å². The lowest BCUT2D eigenvalue weighted by atomic mass is 9.75. The highest BCUT2D eigenvalue weighted by atomic mass is 19.1. The molecule has 0 radical (unpaired) electrons. The van der Waals surface area contributed by atoms with Crippen LogP contribution in [0.2, 0.25) is 0 Å². The summed E-state index contributed by atoms with van der Waals surface area (Å²) in [6.07, 6.45) is 5.28. The molecule has 0 bridgehead atoms. The maximum atomic E-state index is 14.2. The van der Waals surface area contributed by atoms with Gasteiger partial charge in [0.05, 0.1) is 11.3 Å². The Kier molecular flexibility index (Phi) is 4.58. The van der Waals surface area contributed by atoms with Gasteiger partial charge in [-0.1, -0.05) is 0 Å². The Hall–Kier alpha value is -3.95. The number of carbonyl (C=O) groups excluding carboxylic acids is 2. The van der Waals surface area contributed by atoms with E-state index in [4.69, 9.17) is 4.74 Å². The molecule has 1 aliphatic carbocycles. The number of nitrogens with zero attached hydrogens (tertiary/aromatic N) is 2. The van der Waals surface area contributed by atoms with Crippen LogP contribution in [0, 0.1) is 11.7 Å². The van der Waals surface area contributed by atoms with Gasteiger partial charge in [-0.15, -0.1) is 0 Å². The minimum atomic E-state index is -0.995. The van der Waals surface area contributed by atoms with Gasteiger partial charge in [0.2, 0.25) is 5.91 Å². The summed E-state index contributed by atoms with van der Waals surface area (Å²) in [6.45, 7) is 0. The average Bonchev–Trinajstić information content (AvgIpc) is 3.36. The van der Waals surface area contributed by atoms with Gasteiger partial charge in [0.1, 0.15) is 5.60 Å². The lowest BCUT2D eigenvalue weighted by Crippen LogP contribution is -2.36. The SMILES string of the molecule is O=C1OC2(CCC(C(=O)Nc3cc(-c4ccc(O)c(O)c4F)[nH]n3)CC2)c2cnccc21. The number of carbonyl (C=O) groups is 2. The number of halogens is 1. The van der Waals surface area contributed by atoms with E-state index in [2.05, 4.69) is 20.5 Å². The number of phenols is 2. The fraction of sp³-hybridized carbons (Fsp3) is 0.273. The van der Waals surface area contributed by atoms with Crippen LogP contribution >= 0.6 is 0 Å². The zero-order chi connectivity index (χ0) is 22.5. The number of fused-ring (bicyclic) bond motifs is 2. The third kappa shape index (κ3) is 3.15. The number of aromatic amines is 1. The minimum Gasteiger partial charge on any atom is -0.504 e. The van der Waals surface area contributed by atoms with Gasteiger partial charge >= 0.3 is 5.97 Å². The number of aromatic hydroxyl groups is 2. The Morgan fingerprint density at radius 1 is 1.22 bits per heavy atom. The summed E-state index contributed by atoms with van der Waals surface area (Å²) in [5.41, 5.74) is 0.815. The van der Waals surface area contributed by atoms with Gasteiger partial charge in [-0.2, -0.15) is 5.10 Å². The lowest BCUT2D eigenvalue weighted by Gasteiger charge is -2.35. The number of aromatic nitrogens is 3. The van der Waals surface area contributed by atoms with Gasteiger partial charge in [0.15, 0.2) is 23.1 Å². The van der Waals surface area contributed by atoms with E-state index in [1.54, 1.807) is 18.5 Å². The van der Waals surface area contributed by atoms with Crippen molar-refractivity contribution in [3.8, 4) is 22.8 Å². The van der Waals surface area contributed by atoms with Gasteiger partial charge < -0.3 is 20.3 Å². The molecule has 1 fully saturated rings. The van der Waals surface area contributed by atoms with Crippen molar-refractivity contribution in [3.05, 3.63) is 53.6 Å². The van der Waals surface area contributed by atoms with E-state index in [9.17, 15) is 24.2 Å². The van der Waals surface area contributed by atoms with Crippen LogP contribution in [0.5, 0.6) is 11.5 Å². The predicted molar refractivity (Wildman–Crippen MR) is 109 cm³/mol. The molecule has 164 valence electrons. The molecule has 0 unspecified atom stereocenters. The largest absolute Gasteiger partial charge is 0.504 e. The number of hydrogen-bond acceptors (Lipinski definition) is 7. The molecule has 1 saturated carbocycles. The van der Waals surface area contributed by atoms with Gasteiger partial charge in [-0.25, -0.2) is 9.18 Å². The zero-order valence-corrected chi connectivity index (χ0v) is 16.8. The minimum absolute atomic E-state index is 0.00299. The van der Waals surface area contributed by atoms with E-state index >= 15 is 0 Å². The standard InChI is InChI=1S/C22H19FN4O5/c23-18-13(1-2-16(28)19(18)29)15-9-17(27-26-15)25-20(30)11-3-6-22(7-4-11)14-10-24-8-5-12(14)21(31)32-22/h1-2,5,8-11,28-29H,3-4,6-7H2,(H2,25,26,27,30). The number of H-pyrrole nitrogens is 1. The fourth-order valence-electron chi connectivity index (χ4n) is 4.46. The smallest absolute Gasteiger partial charge is 0.339 e. The number of rotatable bonds is 3. The summed E-state index contributed by atoms with van der Waals surface area (Å²) in [4.78, 5) is 29.1. The Bertz CT molecular complexity index is 1230. The molecular weight excluding hydrogens is 419 g/mol. The van der Waals surface area contributed by atoms with Crippen molar-refractivity contribution < 1.29 is 28.9 Å². The second-order valence-corrected chi connectivity index (χ2v) is 8.03. The molecular formula is C22H19FN4O5. The molecule has 0 saturated heterocycles. The van der Waals surface area contributed by atoms with Crippen LogP contribution < -0.4 is 5.32 Å². The first-order chi connectivity index (χ1) is 15.4. The van der Waals surface area contributed by atoms with Gasteiger partial charge in [-0.05, 0) is 43.9 Å². The van der Waals surface area contributed by atoms with Crippen molar-refractivity contribution in [1.29, 1.82) is 0 Å². The first-order valence-corrected chi connectivity index (χ1v) is 10.1. The number of ether oxygens (including phenoxy) is 1. The maximum absolute atomic E-state index is 14.2. The third-order valence-corrected chi connectivity index (χ3v) is 6.20. The van der Waals surface area contributed by atoms with Crippen molar-refractivity contribution in [1.82, 2.24) is 15.2 Å². The molecule has 5 rings (SSSR count). The summed E-state index contributed by atoms with van der Waals surface area (Å²) < 4.78 is 19.9. The van der Waals surface area contributed by atoms with E-state index in [1.807, 2.05) is 0 Å². The number of anilines is 1. The van der Waals surface area contributed by atoms with Crippen molar-refractivity contribution in [2.24, 2.45) is 5.92 Å². The topological polar surface area (TPSA) is 137 Å². The fourth-order valence-corrected chi connectivity index (χ4v) is 4.46. The molecule has 3 aromatic rings. The number of hydrogen-bond donors (Lipinski definition) is 4. The summed E-state index contributed by atoms with van der Waals surface area (Å²) in [5.74, 6) is -3.10. The molecule has 0 atom stereocenters. The van der Waals surface area contributed by atoms with Crippen LogP contribution in [0.3, 0.4) is 0 Å². The molecule has 9 nitrogen and oxygen atoms in total. The Balaban J connectivity index is 1.26. The van der Waals surface area contributed by atoms with E-state index in [-0.39, 0.29) is 34.9 Å². The Morgan fingerprint density at radius 2 is 2.00 bits per heavy atom. The van der Waals surface area contributed by atoms with Crippen molar-refractivity contribution >= 4 is 17.7 Å². The summed E-state index contributed by atoms with van der Waals surface area (Å²) in [7, 11) is 0. The number of esters is 1. The quantitative estimate of drug-likeness (QED) is 0.364. The number of benzene rings is 1. The average molecular weight is 438 g/mol. The van der Waals surface area contributed by atoms with Crippen LogP contribution in [0.15, 0.2) is 36.7 Å². The molecule has 2 aliphatic rings. The van der Waals surface area contributed by atoms with Gasteiger partial charge in [0.25, 0.3) is 0 Å². The van der Waals surface area contributed by atoms with E-state index < -0.39 is 22.9 Å². The molecule has 32 heavy (non-hydrogen) atoms. The van der Waals surface area contributed by atoms with Crippen LogP contribution in [-0.2, 0) is 15.1 Å². The molecule has 1 aromatic carbocycles. The Morgan fingerprint density at radius 3 is 2.78 bits per heavy atom. The van der Waals surface area contributed by atoms with Crippen LogP contribution in [0.4, 0.5) is 10.2 Å². The number of amides is 1. The van der Waals surface area contributed by atoms with Gasteiger partial charge in [-0.3, -0.25) is 14.9 Å². The van der Waals surface area contributed by atoms with Crippen molar-refractivity contribution in [3.63, 3.8) is 0 Å². The molecule has 1 amide bonds.